The number of allylic oxidation sites excluding steroid dienone is 1. The van der Waals surface area contributed by atoms with Crippen molar-refractivity contribution in [1.82, 2.24) is 9.80 Å². The highest BCUT2D eigenvalue weighted by Crippen LogP contribution is 2.53. The molecule has 0 aliphatic heterocycles. The summed E-state index contributed by atoms with van der Waals surface area (Å²) in [6.45, 7) is 5.76. The number of rotatable bonds is 8. The van der Waals surface area contributed by atoms with Gasteiger partial charge in [0.25, 0.3) is 5.91 Å². The Kier molecular flexibility index (Phi) is 8.34. The zero-order chi connectivity index (χ0) is 31.4. The summed E-state index contributed by atoms with van der Waals surface area (Å²) >= 11 is 0. The Morgan fingerprint density at radius 1 is 1.14 bits per heavy atom. The molecule has 4 atom stereocenters. The van der Waals surface area contributed by atoms with E-state index in [1.54, 1.807) is 20.2 Å². The summed E-state index contributed by atoms with van der Waals surface area (Å²) in [5.74, 6) is -6.12. The molecule has 0 saturated carbocycles. The van der Waals surface area contributed by atoms with Crippen molar-refractivity contribution in [1.29, 1.82) is 0 Å². The van der Waals surface area contributed by atoms with Crippen LogP contribution in [0.2, 0.25) is 0 Å². The molecule has 0 fully saturated rings. The van der Waals surface area contributed by atoms with Gasteiger partial charge in [-0.2, -0.15) is 0 Å². The maximum Gasteiger partial charge on any atom is 0.255 e. The summed E-state index contributed by atoms with van der Waals surface area (Å²) in [6.07, 6.45) is 3.92. The van der Waals surface area contributed by atoms with Crippen molar-refractivity contribution in [3.8, 4) is 5.75 Å². The van der Waals surface area contributed by atoms with Gasteiger partial charge in [0.2, 0.25) is 5.78 Å². The molecule has 11 nitrogen and oxygen atoms in total. The lowest BCUT2D eigenvalue weighted by molar-refractivity contribution is -0.148. The van der Waals surface area contributed by atoms with Gasteiger partial charge < -0.3 is 36.0 Å². The van der Waals surface area contributed by atoms with Gasteiger partial charge in [0.05, 0.1) is 11.6 Å². The Morgan fingerprint density at radius 2 is 1.79 bits per heavy atom. The van der Waals surface area contributed by atoms with Crippen molar-refractivity contribution >= 4 is 29.2 Å². The normalized spacial score (nSPS) is 25.9. The highest BCUT2D eigenvalue weighted by Gasteiger charge is 2.63. The number of aromatic hydroxyl groups is 1. The summed E-state index contributed by atoms with van der Waals surface area (Å²) in [6, 6.07) is 0.785. The number of phenolic OH excluding ortho intramolecular Hbond substituents is 1. The quantitative estimate of drug-likeness (QED) is 0.285. The van der Waals surface area contributed by atoms with Crippen LogP contribution in [0.1, 0.15) is 41.8 Å². The molecular weight excluding hydrogens is 540 g/mol. The van der Waals surface area contributed by atoms with Gasteiger partial charge in [-0.3, -0.25) is 19.3 Å². The van der Waals surface area contributed by atoms with Crippen LogP contribution in [0.5, 0.6) is 5.75 Å². The molecule has 0 heterocycles. The number of aliphatic hydroxyl groups excluding tert-OH is 2. The number of carbonyl (C=O) groups is 3. The number of primary amides is 1. The molecule has 1 amide bonds. The molecule has 1 aromatic carbocycles. The number of hydrogen-bond acceptors (Lipinski definition) is 10. The van der Waals surface area contributed by atoms with Gasteiger partial charge in [0, 0.05) is 49.9 Å². The third-order valence-corrected chi connectivity index (χ3v) is 8.60. The second-order valence-corrected chi connectivity index (χ2v) is 12.6. The van der Waals surface area contributed by atoms with Crippen LogP contribution in [0.3, 0.4) is 0 Å². The first-order valence-corrected chi connectivity index (χ1v) is 14.1. The Balaban J connectivity index is 1.87. The van der Waals surface area contributed by atoms with E-state index >= 15 is 0 Å². The summed E-state index contributed by atoms with van der Waals surface area (Å²) in [7, 11) is 8.86. The predicted molar refractivity (Wildman–Crippen MR) is 159 cm³/mol. The van der Waals surface area contributed by atoms with E-state index in [4.69, 9.17) is 5.73 Å². The number of amides is 1. The van der Waals surface area contributed by atoms with E-state index in [0.29, 0.717) is 29.3 Å². The molecule has 0 bridgehead atoms. The smallest absolute Gasteiger partial charge is 0.255 e. The van der Waals surface area contributed by atoms with E-state index in [1.165, 1.54) is 4.90 Å². The van der Waals surface area contributed by atoms with Crippen LogP contribution < -0.4 is 10.6 Å². The van der Waals surface area contributed by atoms with Crippen molar-refractivity contribution in [3.05, 3.63) is 51.5 Å². The van der Waals surface area contributed by atoms with Gasteiger partial charge in [-0.15, -0.1) is 0 Å². The third-order valence-electron chi connectivity index (χ3n) is 8.60. The molecule has 42 heavy (non-hydrogen) atoms. The van der Waals surface area contributed by atoms with E-state index in [2.05, 4.69) is 18.7 Å². The maximum atomic E-state index is 14.1. The molecule has 1 aromatic rings. The number of benzene rings is 1. The molecule has 0 spiro atoms. The van der Waals surface area contributed by atoms with Crippen molar-refractivity contribution in [2.75, 3.05) is 53.2 Å². The molecule has 4 rings (SSSR count). The number of hydrogen-bond donors (Lipinski definition) is 5. The monoisotopic (exact) mass is 582 g/mol. The predicted octanol–water partition coefficient (Wildman–Crippen LogP) is 1.79. The van der Waals surface area contributed by atoms with E-state index in [0.717, 1.165) is 6.54 Å². The van der Waals surface area contributed by atoms with Crippen LogP contribution in [0.4, 0.5) is 5.69 Å². The second kappa shape index (κ2) is 11.2. The molecule has 1 unspecified atom stereocenters. The number of likely N-dealkylation sites (N-methyl/N-ethyl adjacent to an activating group) is 2. The standard InChI is InChI=1S/C31H42N4O7/c1-15(2)14-35(7)10-8-9-16-13-20(33(3)4)18-11-17-12-19-24(34(5)6)27(38)23(30(32)41)29(40)31(19,42)28(39)21(17)26(37)22(18)25(16)36/h8-9,13,15,17,19,24,36,38-39,42H,10-12,14H2,1-7H3,(H2,32,41)/b9-8+/t17-,19-,24?,31-/m0/s1. The minimum Gasteiger partial charge on any atom is -0.510 e. The fourth-order valence-electron chi connectivity index (χ4n) is 6.90. The highest BCUT2D eigenvalue weighted by atomic mass is 16.3. The summed E-state index contributed by atoms with van der Waals surface area (Å²) < 4.78 is 0. The summed E-state index contributed by atoms with van der Waals surface area (Å²) in [5.41, 5.74) is 3.46. The van der Waals surface area contributed by atoms with Gasteiger partial charge in [-0.25, -0.2) is 0 Å². The topological polar surface area (TPSA) is 168 Å². The van der Waals surface area contributed by atoms with Crippen molar-refractivity contribution in [3.63, 3.8) is 0 Å². The highest BCUT2D eigenvalue weighted by molar-refractivity contribution is 6.25. The third kappa shape index (κ3) is 4.89. The lowest BCUT2D eigenvalue weighted by Gasteiger charge is -2.50. The van der Waals surface area contributed by atoms with E-state index in [9.17, 15) is 34.8 Å². The first-order valence-electron chi connectivity index (χ1n) is 14.1. The summed E-state index contributed by atoms with van der Waals surface area (Å²) in [4.78, 5) is 45.3. The van der Waals surface area contributed by atoms with Crippen LogP contribution in [0.25, 0.3) is 6.08 Å². The first kappa shape index (κ1) is 31.3. The van der Waals surface area contributed by atoms with Gasteiger partial charge in [-0.1, -0.05) is 26.0 Å². The van der Waals surface area contributed by atoms with Crippen LogP contribution in [0.15, 0.2) is 34.8 Å². The van der Waals surface area contributed by atoms with Crippen LogP contribution in [0, 0.1) is 17.8 Å². The fraction of sp³-hybridized carbons (Fsp3) is 0.516. The zero-order valence-electron chi connectivity index (χ0n) is 25.3. The van der Waals surface area contributed by atoms with Gasteiger partial charge in [-0.05, 0) is 57.5 Å². The molecule has 11 heteroatoms. The lowest BCUT2D eigenvalue weighted by atomic mass is 9.58. The fourth-order valence-corrected chi connectivity index (χ4v) is 6.90. The van der Waals surface area contributed by atoms with Crippen LogP contribution in [-0.4, -0.2) is 108 Å². The Hall–Kier alpha value is -3.67. The lowest BCUT2D eigenvalue weighted by Crippen LogP contribution is -2.63. The van der Waals surface area contributed by atoms with E-state index in [-0.39, 0.29) is 29.7 Å². The molecule has 6 N–H and O–H groups in total. The van der Waals surface area contributed by atoms with Crippen LogP contribution in [-0.2, 0) is 16.0 Å². The molecule has 0 saturated heterocycles. The Labute approximate surface area is 246 Å². The number of nitrogens with two attached hydrogens (primary N) is 1. The minimum atomic E-state index is -2.66. The largest absolute Gasteiger partial charge is 0.510 e. The molecule has 0 aromatic heterocycles. The molecule has 228 valence electrons. The average molecular weight is 583 g/mol. The van der Waals surface area contributed by atoms with Crippen LogP contribution >= 0.6 is 0 Å². The maximum absolute atomic E-state index is 14.1. The number of Topliss-reactive ketones (excluding diaryl/α,β-unsaturated/α-hetero) is 2. The number of nitrogens with zero attached hydrogens (tertiary/aromatic N) is 3. The number of ketones is 2. The average Bonchev–Trinajstić information content (AvgIpc) is 2.86. The zero-order valence-corrected chi connectivity index (χ0v) is 25.3. The number of aliphatic hydroxyl groups is 3. The van der Waals surface area contributed by atoms with E-state index in [1.807, 2.05) is 38.2 Å². The Morgan fingerprint density at radius 3 is 2.33 bits per heavy atom. The summed E-state index contributed by atoms with van der Waals surface area (Å²) in [5, 5.41) is 45.6. The number of anilines is 1. The molecule has 3 aliphatic carbocycles. The first-order chi connectivity index (χ1) is 19.5. The number of carbonyl (C=O) groups excluding carboxylic acids is 3. The Bertz CT molecular complexity index is 1420. The van der Waals surface area contributed by atoms with Crippen molar-refractivity contribution < 1.29 is 34.8 Å². The van der Waals surface area contributed by atoms with Gasteiger partial charge in [0.15, 0.2) is 11.4 Å². The number of phenols is 1. The molecule has 3 aliphatic rings. The second-order valence-electron chi connectivity index (χ2n) is 12.6. The van der Waals surface area contributed by atoms with Gasteiger partial charge in [0.1, 0.15) is 22.8 Å². The SMILES string of the molecule is CC(C)CN(C)C/C=C/c1cc(N(C)C)c2c(c1O)C(=O)C1=C(O)[C@]3(O)C(=O)C(C(N)=O)=C(O)C(N(C)C)[C@@H]3C[C@@H]1C2. The number of fused-ring (bicyclic) bond motifs is 3. The van der Waals surface area contributed by atoms with Crippen molar-refractivity contribution in [2.45, 2.75) is 38.3 Å². The van der Waals surface area contributed by atoms with Gasteiger partial charge >= 0.3 is 0 Å². The van der Waals surface area contributed by atoms with Crippen molar-refractivity contribution in [2.24, 2.45) is 23.5 Å². The molecule has 0 radical (unpaired) electrons. The van der Waals surface area contributed by atoms with E-state index < -0.39 is 58.0 Å². The molecular formula is C31H42N4O7. The minimum absolute atomic E-state index is 0.00262.